The fourth-order valence-electron chi connectivity index (χ4n) is 2.60. The number of ether oxygens (including phenoxy) is 1. The molecule has 2 aliphatic heterocycles. The van der Waals surface area contributed by atoms with Crippen LogP contribution in [-0.2, 0) is 4.74 Å². The zero-order valence-electron chi connectivity index (χ0n) is 8.73. The second-order valence-electron chi connectivity index (χ2n) is 4.25. The third-order valence-electron chi connectivity index (χ3n) is 3.25. The lowest BCUT2D eigenvalue weighted by Gasteiger charge is -2.31. The van der Waals surface area contributed by atoms with Gasteiger partial charge in [0, 0.05) is 19.6 Å². The summed E-state index contributed by atoms with van der Waals surface area (Å²) in [5, 5.41) is 0. The number of hydrogen-bond donors (Lipinski definition) is 0. The summed E-state index contributed by atoms with van der Waals surface area (Å²) in [4.78, 5) is 2.41. The quantitative estimate of drug-likeness (QED) is 0.681. The molecule has 0 aliphatic carbocycles. The van der Waals surface area contributed by atoms with E-state index < -0.39 is 0 Å². The molecule has 2 unspecified atom stereocenters. The number of rotatable bonds is 2. The van der Waals surface area contributed by atoms with Gasteiger partial charge in [0.1, 0.15) is 0 Å². The number of nitrogens with zero attached hydrogens (tertiary/aromatic N) is 1. The van der Waals surface area contributed by atoms with E-state index in [1.165, 1.54) is 11.1 Å². The Hall–Kier alpha value is -1.12. The maximum atomic E-state index is 5.97. The molecule has 0 amide bonds. The predicted molar refractivity (Wildman–Crippen MR) is 59.6 cm³/mol. The van der Waals surface area contributed by atoms with Crippen molar-refractivity contribution in [3.63, 3.8) is 0 Å². The molecule has 2 atom stereocenters. The van der Waals surface area contributed by atoms with Crippen LogP contribution >= 0.6 is 0 Å². The maximum Gasteiger partial charge on any atom is 0.0964 e. The summed E-state index contributed by atoms with van der Waals surface area (Å²) in [6.07, 6.45) is 2.52. The lowest BCUT2D eigenvalue weighted by atomic mass is 10.0. The molecule has 78 valence electrons. The molecule has 1 aromatic carbocycles. The van der Waals surface area contributed by atoms with Gasteiger partial charge in [0.2, 0.25) is 0 Å². The molecular weight excluding hydrogens is 186 g/mol. The smallest absolute Gasteiger partial charge is 0.0964 e. The van der Waals surface area contributed by atoms with E-state index in [-0.39, 0.29) is 12.2 Å². The minimum atomic E-state index is 0.278. The van der Waals surface area contributed by atoms with Crippen molar-refractivity contribution in [2.75, 3.05) is 19.6 Å². The first-order valence-corrected chi connectivity index (χ1v) is 5.46. The molecule has 0 aromatic heterocycles. The van der Waals surface area contributed by atoms with Crippen LogP contribution in [0.1, 0.15) is 23.3 Å². The molecule has 1 fully saturated rings. The highest BCUT2D eigenvalue weighted by atomic mass is 16.5. The van der Waals surface area contributed by atoms with Crippen molar-refractivity contribution in [3.05, 3.63) is 48.0 Å². The van der Waals surface area contributed by atoms with Crippen molar-refractivity contribution < 1.29 is 4.74 Å². The van der Waals surface area contributed by atoms with Gasteiger partial charge >= 0.3 is 0 Å². The van der Waals surface area contributed by atoms with Gasteiger partial charge in [0.05, 0.1) is 12.2 Å². The molecule has 0 N–H and O–H groups in total. The molecule has 15 heavy (non-hydrogen) atoms. The lowest BCUT2D eigenvalue weighted by molar-refractivity contribution is -0.0643. The maximum absolute atomic E-state index is 5.97. The Morgan fingerprint density at radius 2 is 1.87 bits per heavy atom. The van der Waals surface area contributed by atoms with Crippen LogP contribution in [0.25, 0.3) is 0 Å². The van der Waals surface area contributed by atoms with Gasteiger partial charge in [-0.2, -0.15) is 0 Å². The molecule has 3 rings (SSSR count). The van der Waals surface area contributed by atoms with Crippen LogP contribution in [0, 0.1) is 0 Å². The summed E-state index contributed by atoms with van der Waals surface area (Å²) in [5.41, 5.74) is 2.77. The second kappa shape index (κ2) is 3.47. The van der Waals surface area contributed by atoms with Crippen molar-refractivity contribution in [1.29, 1.82) is 0 Å². The fourth-order valence-corrected chi connectivity index (χ4v) is 2.60. The molecule has 0 spiro atoms. The summed E-state index contributed by atoms with van der Waals surface area (Å²) < 4.78 is 5.97. The Balaban J connectivity index is 1.91. The van der Waals surface area contributed by atoms with E-state index in [1.54, 1.807) is 0 Å². The first-order valence-electron chi connectivity index (χ1n) is 5.46. The third kappa shape index (κ3) is 1.41. The van der Waals surface area contributed by atoms with Gasteiger partial charge in [-0.05, 0) is 11.1 Å². The topological polar surface area (TPSA) is 12.5 Å². The number of fused-ring (bicyclic) bond motifs is 5. The number of benzene rings is 1. The monoisotopic (exact) mass is 201 g/mol. The SMILES string of the molecule is C=CCN1CC2OC(C1)c1ccccc12. The lowest BCUT2D eigenvalue weighted by Crippen LogP contribution is -2.36. The van der Waals surface area contributed by atoms with Crippen molar-refractivity contribution in [1.82, 2.24) is 4.90 Å². The van der Waals surface area contributed by atoms with E-state index in [0.29, 0.717) is 0 Å². The molecule has 0 saturated carbocycles. The number of morpholine rings is 1. The Bertz CT molecular complexity index is 357. The molecule has 2 heteroatoms. The predicted octanol–water partition coefficient (Wildman–Crippen LogP) is 2.30. The van der Waals surface area contributed by atoms with Crippen LogP contribution in [0.4, 0.5) is 0 Å². The summed E-state index contributed by atoms with van der Waals surface area (Å²) >= 11 is 0. The van der Waals surface area contributed by atoms with E-state index in [0.717, 1.165) is 19.6 Å². The van der Waals surface area contributed by atoms with E-state index in [4.69, 9.17) is 4.74 Å². The first kappa shape index (κ1) is 9.13. The van der Waals surface area contributed by atoms with E-state index in [9.17, 15) is 0 Å². The van der Waals surface area contributed by atoms with Crippen molar-refractivity contribution in [2.24, 2.45) is 0 Å². The third-order valence-corrected chi connectivity index (χ3v) is 3.25. The fraction of sp³-hybridized carbons (Fsp3) is 0.385. The van der Waals surface area contributed by atoms with Gasteiger partial charge in [0.15, 0.2) is 0 Å². The minimum Gasteiger partial charge on any atom is -0.363 e. The number of hydrogen-bond acceptors (Lipinski definition) is 2. The van der Waals surface area contributed by atoms with Gasteiger partial charge in [-0.1, -0.05) is 30.3 Å². The van der Waals surface area contributed by atoms with E-state index in [1.807, 2.05) is 6.08 Å². The Morgan fingerprint density at radius 1 is 1.27 bits per heavy atom. The molecule has 2 heterocycles. The van der Waals surface area contributed by atoms with Crippen LogP contribution in [0.2, 0.25) is 0 Å². The minimum absolute atomic E-state index is 0.278. The average Bonchev–Trinajstić information content (AvgIpc) is 2.53. The summed E-state index contributed by atoms with van der Waals surface area (Å²) in [7, 11) is 0. The molecule has 2 nitrogen and oxygen atoms in total. The summed E-state index contributed by atoms with van der Waals surface area (Å²) in [6.45, 7) is 6.75. The van der Waals surface area contributed by atoms with Crippen LogP contribution < -0.4 is 0 Å². The highest BCUT2D eigenvalue weighted by Gasteiger charge is 2.37. The summed E-state index contributed by atoms with van der Waals surface area (Å²) in [5.74, 6) is 0. The first-order chi connectivity index (χ1) is 7.38. The van der Waals surface area contributed by atoms with Crippen LogP contribution in [0.5, 0.6) is 0 Å². The highest BCUT2D eigenvalue weighted by Crippen LogP contribution is 2.42. The van der Waals surface area contributed by atoms with E-state index >= 15 is 0 Å². The summed E-state index contributed by atoms with van der Waals surface area (Å²) in [6, 6.07) is 8.58. The standard InChI is InChI=1S/C13H15NO/c1-2-7-14-8-12-10-5-3-4-6-11(10)13(9-14)15-12/h2-6,12-13H,1,7-9H2. The van der Waals surface area contributed by atoms with Crippen LogP contribution in [0.15, 0.2) is 36.9 Å². The largest absolute Gasteiger partial charge is 0.363 e. The molecule has 1 aromatic rings. The van der Waals surface area contributed by atoms with Crippen molar-refractivity contribution in [2.45, 2.75) is 12.2 Å². The van der Waals surface area contributed by atoms with Gasteiger partial charge < -0.3 is 4.74 Å². The normalized spacial score (nSPS) is 28.8. The van der Waals surface area contributed by atoms with Gasteiger partial charge in [-0.15, -0.1) is 6.58 Å². The van der Waals surface area contributed by atoms with Gasteiger partial charge in [0.25, 0.3) is 0 Å². The van der Waals surface area contributed by atoms with Crippen LogP contribution in [-0.4, -0.2) is 24.5 Å². The van der Waals surface area contributed by atoms with Gasteiger partial charge in [-0.3, -0.25) is 4.90 Å². The van der Waals surface area contributed by atoms with Crippen molar-refractivity contribution in [3.8, 4) is 0 Å². The van der Waals surface area contributed by atoms with Crippen LogP contribution in [0.3, 0.4) is 0 Å². The average molecular weight is 201 g/mol. The molecular formula is C13H15NO. The van der Waals surface area contributed by atoms with Crippen molar-refractivity contribution >= 4 is 0 Å². The van der Waals surface area contributed by atoms with Gasteiger partial charge in [-0.25, -0.2) is 0 Å². The zero-order chi connectivity index (χ0) is 10.3. The van der Waals surface area contributed by atoms with E-state index in [2.05, 4.69) is 35.7 Å². The second-order valence-corrected chi connectivity index (χ2v) is 4.25. The highest BCUT2D eigenvalue weighted by molar-refractivity contribution is 5.36. The Morgan fingerprint density at radius 3 is 2.40 bits per heavy atom. The molecule has 2 aliphatic rings. The Labute approximate surface area is 90.2 Å². The zero-order valence-corrected chi connectivity index (χ0v) is 8.73. The molecule has 0 radical (unpaired) electrons. The molecule has 1 saturated heterocycles. The Kier molecular flexibility index (Phi) is 2.11. The molecule has 2 bridgehead atoms.